The van der Waals surface area contributed by atoms with Crippen LogP contribution >= 0.6 is 43.2 Å². The summed E-state index contributed by atoms with van der Waals surface area (Å²) in [7, 11) is 8.31. The van der Waals surface area contributed by atoms with Crippen molar-refractivity contribution in [2.24, 2.45) is 0 Å². The van der Waals surface area contributed by atoms with Gasteiger partial charge >= 0.3 is 0 Å². The van der Waals surface area contributed by atoms with Gasteiger partial charge in [-0.2, -0.15) is 0 Å². The number of benzene rings is 2. The van der Waals surface area contributed by atoms with Crippen molar-refractivity contribution < 1.29 is 29.4 Å². The molecule has 40 heavy (non-hydrogen) atoms. The van der Waals surface area contributed by atoms with E-state index in [9.17, 15) is 29.4 Å². The fourth-order valence-corrected chi connectivity index (χ4v) is 10.5. The molecule has 2 amide bonds. The van der Waals surface area contributed by atoms with Gasteiger partial charge in [0.25, 0.3) is 0 Å². The molecule has 0 saturated carbocycles. The van der Waals surface area contributed by atoms with E-state index in [-0.39, 0.29) is 23.7 Å². The zero-order chi connectivity index (χ0) is 28.9. The molecule has 2 saturated heterocycles. The Morgan fingerprint density at radius 3 is 1.70 bits per heavy atom. The van der Waals surface area contributed by atoms with Gasteiger partial charge in [0.1, 0.15) is 5.25 Å². The van der Waals surface area contributed by atoms with Gasteiger partial charge in [0, 0.05) is 20.5 Å². The lowest BCUT2D eigenvalue weighted by atomic mass is 9.99. The zero-order valence-electron chi connectivity index (χ0n) is 22.2. The first-order valence-corrected chi connectivity index (χ1v) is 17.2. The first kappa shape index (κ1) is 31.0. The maximum atomic E-state index is 12.8. The Labute approximate surface area is 249 Å². The lowest BCUT2D eigenvalue weighted by molar-refractivity contribution is -0.137. The van der Waals surface area contributed by atoms with Crippen molar-refractivity contribution in [1.82, 2.24) is 9.80 Å². The highest BCUT2D eigenvalue weighted by atomic mass is 33.1. The van der Waals surface area contributed by atoms with E-state index in [0.717, 1.165) is 35.8 Å². The van der Waals surface area contributed by atoms with Crippen molar-refractivity contribution >= 4 is 67.6 Å². The van der Waals surface area contributed by atoms with Crippen LogP contribution in [0, 0.1) is 0 Å². The Hall–Kier alpha value is -1.96. The van der Waals surface area contributed by atoms with Crippen LogP contribution in [0.4, 0.5) is 0 Å². The summed E-state index contributed by atoms with van der Waals surface area (Å²) in [4.78, 5) is 49.4. The fraction of sp³-hybridized carbons (Fsp3) is 0.429. The van der Waals surface area contributed by atoms with E-state index in [1.54, 1.807) is 14.1 Å². The molecule has 4 rings (SSSR count). The molecule has 8 nitrogen and oxygen atoms in total. The maximum absolute atomic E-state index is 12.8. The molecule has 2 fully saturated rings. The van der Waals surface area contributed by atoms with Gasteiger partial charge in [-0.1, -0.05) is 91.7 Å². The summed E-state index contributed by atoms with van der Waals surface area (Å²) in [5.41, 5.74) is 4.33. The van der Waals surface area contributed by atoms with Gasteiger partial charge in [0.05, 0.1) is 18.5 Å². The Morgan fingerprint density at radius 1 is 0.725 bits per heavy atom. The lowest BCUT2D eigenvalue weighted by Crippen LogP contribution is -2.56. The summed E-state index contributed by atoms with van der Waals surface area (Å²) >= 11 is 0. The molecule has 0 aliphatic carbocycles. The van der Waals surface area contributed by atoms with Crippen LogP contribution < -0.4 is 0 Å². The summed E-state index contributed by atoms with van der Waals surface area (Å²) in [5.74, 6) is -0.400. The fourth-order valence-electron chi connectivity index (χ4n) is 4.53. The largest absolute Gasteiger partial charge is 0.395 e. The summed E-state index contributed by atoms with van der Waals surface area (Å²) in [6.07, 6.45) is 4.07. The minimum Gasteiger partial charge on any atom is -0.395 e. The van der Waals surface area contributed by atoms with E-state index in [1.165, 1.54) is 58.5 Å². The van der Waals surface area contributed by atoms with Gasteiger partial charge in [-0.15, -0.1) is 0 Å². The van der Waals surface area contributed by atoms with E-state index in [4.69, 9.17) is 0 Å². The van der Waals surface area contributed by atoms with Gasteiger partial charge in [0.2, 0.25) is 11.8 Å². The minimum absolute atomic E-state index is 0.162. The summed E-state index contributed by atoms with van der Waals surface area (Å²) in [5, 5.41) is 18.1. The quantitative estimate of drug-likeness (QED) is 0.287. The number of hydrogen-bond acceptors (Lipinski definition) is 10. The number of hydrogen-bond donors (Lipinski definition) is 2. The molecule has 214 valence electrons. The van der Waals surface area contributed by atoms with Crippen LogP contribution in [0.3, 0.4) is 0 Å². The Morgan fingerprint density at radius 2 is 1.18 bits per heavy atom. The molecule has 0 bridgehead atoms. The molecule has 2 aliphatic rings. The number of aldehydes is 2. The standard InChI is InChI=1S/C28H32N2O6S4/c1-29-26(36)24(15-31)38-39-27(29,16-32)14-22-11-7-20(8-12-22)4-3-19-5-9-21(10-6-19)13-23-25(35)30(2)28(17-33,18-34)40-37-23/h5-12,16-17,23-24,31,34H,3-4,13-15,18H2,1-2H3/t23?,24?,27-,28+/m0/s1. The SMILES string of the molecule is CN1C(=O)C(Cc2ccc(CCc3ccc(C[C@@]4(C=O)SSC(CO)C(=O)N4C)cc3)cc2)SS[C@]1(C=O)CO. The van der Waals surface area contributed by atoms with Crippen LogP contribution in [0.15, 0.2) is 48.5 Å². The normalized spacial score (nSPS) is 27.1. The van der Waals surface area contributed by atoms with E-state index in [2.05, 4.69) is 12.1 Å². The molecule has 4 atom stereocenters. The van der Waals surface area contributed by atoms with Crippen LogP contribution in [0.2, 0.25) is 0 Å². The summed E-state index contributed by atoms with van der Waals surface area (Å²) in [6, 6.07) is 16.3. The van der Waals surface area contributed by atoms with Crippen molar-refractivity contribution in [3.05, 3.63) is 70.8 Å². The predicted molar refractivity (Wildman–Crippen MR) is 163 cm³/mol. The van der Waals surface area contributed by atoms with E-state index in [0.29, 0.717) is 19.1 Å². The molecule has 2 N–H and O–H groups in total. The molecule has 2 heterocycles. The molecule has 2 aromatic carbocycles. The first-order valence-electron chi connectivity index (χ1n) is 12.7. The molecule has 0 aromatic heterocycles. The van der Waals surface area contributed by atoms with E-state index < -0.39 is 21.6 Å². The molecular formula is C28H32N2O6S4. The number of aryl methyl sites for hydroxylation is 2. The van der Waals surface area contributed by atoms with Crippen LogP contribution in [-0.4, -0.2) is 92.0 Å². The van der Waals surface area contributed by atoms with E-state index >= 15 is 0 Å². The number of amides is 2. The Balaban J connectivity index is 1.30. The molecule has 2 unspecified atom stereocenters. The third-order valence-electron chi connectivity index (χ3n) is 7.35. The zero-order valence-corrected chi connectivity index (χ0v) is 25.5. The molecule has 0 radical (unpaired) electrons. The van der Waals surface area contributed by atoms with Crippen molar-refractivity contribution in [3.63, 3.8) is 0 Å². The van der Waals surface area contributed by atoms with Crippen molar-refractivity contribution in [1.29, 1.82) is 0 Å². The van der Waals surface area contributed by atoms with Crippen LogP contribution in [-0.2, 0) is 44.9 Å². The highest BCUT2D eigenvalue weighted by Gasteiger charge is 2.47. The number of aliphatic hydroxyl groups is 2. The number of aliphatic hydroxyl groups excluding tert-OH is 2. The van der Waals surface area contributed by atoms with Crippen molar-refractivity contribution in [3.8, 4) is 0 Å². The third-order valence-corrected chi connectivity index (χ3v) is 14.0. The maximum Gasteiger partial charge on any atom is 0.240 e. The van der Waals surface area contributed by atoms with Crippen molar-refractivity contribution in [2.75, 3.05) is 27.3 Å². The second-order valence-corrected chi connectivity index (χ2v) is 15.3. The van der Waals surface area contributed by atoms with Crippen LogP contribution in [0.5, 0.6) is 0 Å². The monoisotopic (exact) mass is 620 g/mol. The van der Waals surface area contributed by atoms with Gasteiger partial charge in [-0.05, 0) is 41.5 Å². The number of likely N-dealkylation sites (N-methyl/N-ethyl adjacent to an activating group) is 2. The predicted octanol–water partition coefficient (Wildman–Crippen LogP) is 2.78. The molecule has 2 aromatic rings. The second kappa shape index (κ2) is 13.3. The Bertz CT molecular complexity index is 1230. The Kier molecular flexibility index (Phi) is 10.3. The molecule has 12 heteroatoms. The second-order valence-electron chi connectivity index (χ2n) is 9.91. The van der Waals surface area contributed by atoms with Gasteiger partial charge in [-0.3, -0.25) is 19.2 Å². The molecular weight excluding hydrogens is 589 g/mol. The number of carbonyl (C=O) groups is 4. The average molecular weight is 621 g/mol. The highest BCUT2D eigenvalue weighted by Crippen LogP contribution is 2.47. The summed E-state index contributed by atoms with van der Waals surface area (Å²) < 4.78 is 0. The van der Waals surface area contributed by atoms with Gasteiger partial charge in [0.15, 0.2) is 22.3 Å². The highest BCUT2D eigenvalue weighted by molar-refractivity contribution is 8.78. The van der Waals surface area contributed by atoms with Gasteiger partial charge in [-0.25, -0.2) is 0 Å². The first-order chi connectivity index (χ1) is 19.2. The topological polar surface area (TPSA) is 115 Å². The van der Waals surface area contributed by atoms with Crippen LogP contribution in [0.25, 0.3) is 0 Å². The minimum atomic E-state index is -1.22. The van der Waals surface area contributed by atoms with Crippen molar-refractivity contribution in [2.45, 2.75) is 45.9 Å². The molecule has 0 spiro atoms. The average Bonchev–Trinajstić information content (AvgIpc) is 2.99. The van der Waals surface area contributed by atoms with Crippen LogP contribution in [0.1, 0.15) is 22.3 Å². The number of rotatable bonds is 11. The lowest BCUT2D eigenvalue weighted by Gasteiger charge is -2.42. The van der Waals surface area contributed by atoms with Gasteiger partial charge < -0.3 is 20.0 Å². The smallest absolute Gasteiger partial charge is 0.240 e. The molecule has 2 aliphatic heterocycles. The third kappa shape index (κ3) is 6.42. The summed E-state index contributed by atoms with van der Waals surface area (Å²) in [6.45, 7) is -0.667. The number of carbonyl (C=O) groups excluding carboxylic acids is 4. The number of nitrogens with zero attached hydrogens (tertiary/aromatic N) is 2. The van der Waals surface area contributed by atoms with E-state index in [1.807, 2.05) is 36.4 Å².